The lowest BCUT2D eigenvalue weighted by Gasteiger charge is -2.30. The summed E-state index contributed by atoms with van der Waals surface area (Å²) < 4.78 is 0. The topological polar surface area (TPSA) is 25.8 Å². The Balaban J connectivity index is 1.13. The first-order chi connectivity index (χ1) is 27.3. The first kappa shape index (κ1) is 30.3. The fourth-order valence-corrected chi connectivity index (χ4v) is 9.78. The molecule has 10 aromatic rings. The minimum Gasteiger partial charge on any atom is -0.228 e. The highest BCUT2D eigenvalue weighted by Crippen LogP contribution is 2.63. The molecule has 55 heavy (non-hydrogen) atoms. The van der Waals surface area contributed by atoms with Gasteiger partial charge in [0.25, 0.3) is 0 Å². The minimum atomic E-state index is -0.381. The second-order valence-corrected chi connectivity index (χ2v) is 14.8. The average molecular weight is 697 g/mol. The van der Waals surface area contributed by atoms with Crippen molar-refractivity contribution >= 4 is 32.3 Å². The standard InChI is InChI=1S/C53H32N2/c1-2-15-34(16-3-1)49-32-50(55-52(54-49)51-38-19-7-5-17-35(38)30-43-37-18-6-4-14-33(37)26-28-42(43)51)36-27-29-48-44(31-36)41-22-10-13-25-47(41)53(48)45-23-11-8-20-39(45)40-21-9-12-24-46(40)53/h1-32H. The molecule has 0 N–H and O–H groups in total. The minimum absolute atomic E-state index is 0.381. The third kappa shape index (κ3) is 4.19. The maximum Gasteiger partial charge on any atom is 0.161 e. The fourth-order valence-electron chi connectivity index (χ4n) is 9.78. The monoisotopic (exact) mass is 696 g/mol. The van der Waals surface area contributed by atoms with E-state index in [0.29, 0.717) is 0 Å². The molecule has 0 atom stereocenters. The van der Waals surface area contributed by atoms with Gasteiger partial charge in [-0.2, -0.15) is 0 Å². The number of benzene rings is 9. The number of aromatic nitrogens is 2. The van der Waals surface area contributed by atoms with E-state index < -0.39 is 0 Å². The fraction of sp³-hybridized carbons (Fsp3) is 0.0189. The third-order valence-corrected chi connectivity index (χ3v) is 12.1. The highest BCUT2D eigenvalue weighted by atomic mass is 14.9. The van der Waals surface area contributed by atoms with Crippen LogP contribution in [0.15, 0.2) is 194 Å². The molecule has 0 radical (unpaired) electrons. The van der Waals surface area contributed by atoms with E-state index >= 15 is 0 Å². The second kappa shape index (κ2) is 11.4. The van der Waals surface area contributed by atoms with E-state index in [2.05, 4.69) is 194 Å². The summed E-state index contributed by atoms with van der Waals surface area (Å²) in [5.41, 5.74) is 15.1. The predicted molar refractivity (Wildman–Crippen MR) is 227 cm³/mol. The van der Waals surface area contributed by atoms with Crippen LogP contribution >= 0.6 is 0 Å². The molecule has 0 aliphatic heterocycles. The van der Waals surface area contributed by atoms with Gasteiger partial charge in [-0.25, -0.2) is 9.97 Å². The third-order valence-electron chi connectivity index (χ3n) is 12.1. The Hall–Kier alpha value is -7.16. The molecule has 12 rings (SSSR count). The van der Waals surface area contributed by atoms with E-state index in [0.717, 1.165) is 44.7 Å². The van der Waals surface area contributed by atoms with Gasteiger partial charge in [-0.05, 0) is 95.0 Å². The van der Waals surface area contributed by atoms with Crippen LogP contribution in [0.25, 0.3) is 88.5 Å². The van der Waals surface area contributed by atoms with Crippen molar-refractivity contribution in [1.29, 1.82) is 0 Å². The van der Waals surface area contributed by atoms with E-state index in [9.17, 15) is 0 Å². The number of hydrogen-bond donors (Lipinski definition) is 0. The first-order valence-electron chi connectivity index (χ1n) is 19.0. The molecule has 2 aliphatic rings. The van der Waals surface area contributed by atoms with Crippen LogP contribution in [0.2, 0.25) is 0 Å². The van der Waals surface area contributed by atoms with Gasteiger partial charge in [-0.15, -0.1) is 0 Å². The molecule has 0 amide bonds. The molecular formula is C53H32N2. The van der Waals surface area contributed by atoms with E-state index in [1.165, 1.54) is 66.1 Å². The Kier molecular flexibility index (Phi) is 6.29. The van der Waals surface area contributed by atoms with Gasteiger partial charge in [-0.3, -0.25) is 0 Å². The van der Waals surface area contributed by atoms with Gasteiger partial charge in [-0.1, -0.05) is 176 Å². The molecule has 0 saturated carbocycles. The highest BCUT2D eigenvalue weighted by Gasteiger charge is 2.51. The maximum atomic E-state index is 5.51. The molecule has 2 heteroatoms. The molecule has 1 spiro atoms. The quantitative estimate of drug-likeness (QED) is 0.136. The van der Waals surface area contributed by atoms with Crippen molar-refractivity contribution in [2.75, 3.05) is 0 Å². The van der Waals surface area contributed by atoms with Crippen LogP contribution in [0, 0.1) is 0 Å². The Morgan fingerprint density at radius 2 is 0.855 bits per heavy atom. The van der Waals surface area contributed by atoms with Crippen LogP contribution in [0.4, 0.5) is 0 Å². The average Bonchev–Trinajstić information content (AvgIpc) is 3.73. The van der Waals surface area contributed by atoms with Gasteiger partial charge in [0, 0.05) is 16.7 Å². The molecule has 254 valence electrons. The summed E-state index contributed by atoms with van der Waals surface area (Å²) in [4.78, 5) is 10.9. The second-order valence-electron chi connectivity index (χ2n) is 14.8. The summed E-state index contributed by atoms with van der Waals surface area (Å²) in [6.07, 6.45) is 0. The summed E-state index contributed by atoms with van der Waals surface area (Å²) in [6.45, 7) is 0. The van der Waals surface area contributed by atoms with Crippen molar-refractivity contribution in [3.05, 3.63) is 216 Å². The molecule has 9 aromatic carbocycles. The largest absolute Gasteiger partial charge is 0.228 e. The smallest absolute Gasteiger partial charge is 0.161 e. The molecule has 1 heterocycles. The Morgan fingerprint density at radius 3 is 1.56 bits per heavy atom. The zero-order valence-corrected chi connectivity index (χ0v) is 29.9. The van der Waals surface area contributed by atoms with Gasteiger partial charge < -0.3 is 0 Å². The van der Waals surface area contributed by atoms with Gasteiger partial charge in [0.2, 0.25) is 0 Å². The molecule has 2 aliphatic carbocycles. The van der Waals surface area contributed by atoms with Crippen LogP contribution in [-0.2, 0) is 5.41 Å². The molecule has 0 fully saturated rings. The highest BCUT2D eigenvalue weighted by molar-refractivity contribution is 6.19. The lowest BCUT2D eigenvalue weighted by Crippen LogP contribution is -2.25. The molecular weight excluding hydrogens is 665 g/mol. The van der Waals surface area contributed by atoms with Crippen molar-refractivity contribution in [3.63, 3.8) is 0 Å². The van der Waals surface area contributed by atoms with Gasteiger partial charge in [0.1, 0.15) is 0 Å². The summed E-state index contributed by atoms with van der Waals surface area (Å²) >= 11 is 0. The van der Waals surface area contributed by atoms with E-state index in [1.54, 1.807) is 0 Å². The van der Waals surface area contributed by atoms with Crippen LogP contribution in [0.5, 0.6) is 0 Å². The molecule has 0 saturated heterocycles. The summed E-state index contributed by atoms with van der Waals surface area (Å²) in [6, 6.07) is 70.7. The van der Waals surface area contributed by atoms with Crippen LogP contribution in [0.3, 0.4) is 0 Å². The lowest BCUT2D eigenvalue weighted by molar-refractivity contribution is 0.794. The van der Waals surface area contributed by atoms with E-state index in [4.69, 9.17) is 9.97 Å². The van der Waals surface area contributed by atoms with Crippen molar-refractivity contribution in [3.8, 4) is 56.2 Å². The Labute approximate surface area is 319 Å². The molecule has 0 unspecified atom stereocenters. The number of fused-ring (bicyclic) bond motifs is 14. The summed E-state index contributed by atoms with van der Waals surface area (Å²) in [5.74, 6) is 0.726. The van der Waals surface area contributed by atoms with Gasteiger partial charge >= 0.3 is 0 Å². The predicted octanol–water partition coefficient (Wildman–Crippen LogP) is 13.3. The zero-order valence-electron chi connectivity index (χ0n) is 29.9. The Morgan fingerprint density at radius 1 is 0.309 bits per heavy atom. The maximum absolute atomic E-state index is 5.51. The normalized spacial score (nSPS) is 13.2. The number of hydrogen-bond acceptors (Lipinski definition) is 2. The Bertz CT molecular complexity index is 3170. The van der Waals surface area contributed by atoms with Crippen molar-refractivity contribution < 1.29 is 0 Å². The molecule has 0 bridgehead atoms. The van der Waals surface area contributed by atoms with Gasteiger partial charge in [0.15, 0.2) is 5.82 Å². The summed E-state index contributed by atoms with van der Waals surface area (Å²) in [7, 11) is 0. The van der Waals surface area contributed by atoms with Crippen LogP contribution in [-0.4, -0.2) is 9.97 Å². The number of nitrogens with zero attached hydrogens (tertiary/aromatic N) is 2. The van der Waals surface area contributed by atoms with Crippen LogP contribution < -0.4 is 0 Å². The SMILES string of the molecule is c1ccc(-c2cc(-c3ccc4c(c3)-c3ccccc3C43c4ccccc4-c4ccccc43)nc(-c3c4ccccc4cc4c3ccc3ccccc34)n2)cc1. The van der Waals surface area contributed by atoms with Gasteiger partial charge in [0.05, 0.1) is 16.8 Å². The first-order valence-corrected chi connectivity index (χ1v) is 19.0. The summed E-state index contributed by atoms with van der Waals surface area (Å²) in [5, 5.41) is 7.13. The molecule has 1 aromatic heterocycles. The number of rotatable bonds is 3. The van der Waals surface area contributed by atoms with Crippen LogP contribution in [0.1, 0.15) is 22.3 Å². The van der Waals surface area contributed by atoms with Crippen molar-refractivity contribution in [1.82, 2.24) is 9.97 Å². The van der Waals surface area contributed by atoms with Crippen molar-refractivity contribution in [2.24, 2.45) is 0 Å². The van der Waals surface area contributed by atoms with E-state index in [1.807, 2.05) is 0 Å². The lowest BCUT2D eigenvalue weighted by atomic mass is 9.70. The van der Waals surface area contributed by atoms with E-state index in [-0.39, 0.29) is 5.41 Å². The molecule has 2 nitrogen and oxygen atoms in total. The zero-order chi connectivity index (χ0) is 36.1. The van der Waals surface area contributed by atoms with Crippen molar-refractivity contribution in [2.45, 2.75) is 5.41 Å².